The first-order valence-electron chi connectivity index (χ1n) is 9.05. The molecule has 2 aromatic heterocycles. The Labute approximate surface area is 160 Å². The van der Waals surface area contributed by atoms with Gasteiger partial charge in [0, 0.05) is 22.1 Å². The molecule has 0 unspecified atom stereocenters. The molecule has 1 N–H and O–H groups in total. The van der Waals surface area contributed by atoms with E-state index < -0.39 is 11.6 Å². The number of aromatic nitrogens is 2. The number of ether oxygens (including phenoxy) is 1. The third-order valence-electron chi connectivity index (χ3n) is 5.74. The molecule has 0 bridgehead atoms. The predicted octanol–water partition coefficient (Wildman–Crippen LogP) is 2.06. The maximum atomic E-state index is 13.2. The van der Waals surface area contributed by atoms with E-state index in [9.17, 15) is 14.7 Å². The summed E-state index contributed by atoms with van der Waals surface area (Å²) in [7, 11) is 0. The van der Waals surface area contributed by atoms with E-state index >= 15 is 0 Å². The van der Waals surface area contributed by atoms with E-state index in [0.29, 0.717) is 34.6 Å². The van der Waals surface area contributed by atoms with Gasteiger partial charge < -0.3 is 14.4 Å². The van der Waals surface area contributed by atoms with Gasteiger partial charge in [0.25, 0.3) is 5.56 Å². The summed E-state index contributed by atoms with van der Waals surface area (Å²) in [5.74, 6) is 2.01. The van der Waals surface area contributed by atoms with Crippen LogP contribution in [0.2, 0.25) is 0 Å². The summed E-state index contributed by atoms with van der Waals surface area (Å²) in [5.41, 5.74) is 1.88. The third kappa shape index (κ3) is 1.94. The summed E-state index contributed by atoms with van der Waals surface area (Å²) in [5, 5.41) is 11.8. The molecule has 28 heavy (non-hydrogen) atoms. The molecule has 1 atom stereocenters. The number of fused-ring (bicyclic) bond motifs is 5. The van der Waals surface area contributed by atoms with E-state index in [0.717, 1.165) is 16.5 Å². The quantitative estimate of drug-likeness (QED) is 0.409. The summed E-state index contributed by atoms with van der Waals surface area (Å²) in [6, 6.07) is 9.25. The van der Waals surface area contributed by atoms with Gasteiger partial charge in [0.15, 0.2) is 5.60 Å². The van der Waals surface area contributed by atoms with E-state index in [-0.39, 0.29) is 18.6 Å². The first-order chi connectivity index (χ1) is 13.5. The third-order valence-corrected chi connectivity index (χ3v) is 5.74. The number of cyclic esters (lactones) is 1. The second-order valence-corrected chi connectivity index (χ2v) is 7.08. The van der Waals surface area contributed by atoms with Crippen molar-refractivity contribution in [1.29, 1.82) is 0 Å². The van der Waals surface area contributed by atoms with Gasteiger partial charge in [-0.3, -0.25) is 4.79 Å². The Morgan fingerprint density at radius 1 is 1.32 bits per heavy atom. The fourth-order valence-corrected chi connectivity index (χ4v) is 4.19. The molecular weight excluding hydrogens is 356 g/mol. The van der Waals surface area contributed by atoms with Gasteiger partial charge in [0.05, 0.1) is 29.0 Å². The molecule has 0 fully saturated rings. The Morgan fingerprint density at radius 2 is 2.11 bits per heavy atom. The monoisotopic (exact) mass is 372 g/mol. The van der Waals surface area contributed by atoms with Crippen LogP contribution in [0.1, 0.15) is 35.6 Å². The van der Waals surface area contributed by atoms with Crippen LogP contribution < -0.4 is 5.56 Å². The van der Waals surface area contributed by atoms with E-state index in [1.807, 2.05) is 24.3 Å². The number of pyridine rings is 2. The summed E-state index contributed by atoms with van der Waals surface area (Å²) in [6.07, 6.45) is 5.90. The molecule has 3 aromatic rings. The fourth-order valence-electron chi connectivity index (χ4n) is 4.19. The first-order valence-corrected chi connectivity index (χ1v) is 9.05. The molecule has 2 aliphatic rings. The standard InChI is InChI=1S/C22H16N2O4/c1-3-12-13-7-5-6-8-17(13)23-19-14(12)10-24-18(19)9-16-15(20(24)25)11-28-21(26)22(16,27)4-2/h1,5-9,27H,4,10-11H2,2H3/t22-/m0/s1. The molecule has 138 valence electrons. The molecular formula is C22H16N2O4. The van der Waals surface area contributed by atoms with Gasteiger partial charge in [-0.05, 0) is 18.6 Å². The summed E-state index contributed by atoms with van der Waals surface area (Å²) >= 11 is 0. The molecule has 6 heteroatoms. The lowest BCUT2D eigenvalue weighted by Crippen LogP contribution is -2.44. The summed E-state index contributed by atoms with van der Waals surface area (Å²) in [6.45, 7) is 1.83. The van der Waals surface area contributed by atoms with Crippen molar-refractivity contribution in [2.24, 2.45) is 0 Å². The smallest absolute Gasteiger partial charge is 0.343 e. The highest BCUT2D eigenvalue weighted by atomic mass is 16.6. The van der Waals surface area contributed by atoms with Crippen molar-refractivity contribution in [3.63, 3.8) is 0 Å². The average molecular weight is 372 g/mol. The maximum absolute atomic E-state index is 13.2. The van der Waals surface area contributed by atoms with Crippen molar-refractivity contribution in [2.45, 2.75) is 32.1 Å². The van der Waals surface area contributed by atoms with Crippen molar-refractivity contribution in [2.75, 3.05) is 0 Å². The zero-order chi connectivity index (χ0) is 19.6. The molecule has 6 nitrogen and oxygen atoms in total. The summed E-state index contributed by atoms with van der Waals surface area (Å²) in [4.78, 5) is 30.1. The number of aliphatic hydroxyl groups is 1. The molecule has 0 aliphatic carbocycles. The second-order valence-electron chi connectivity index (χ2n) is 7.08. The highest BCUT2D eigenvalue weighted by Gasteiger charge is 2.45. The van der Waals surface area contributed by atoms with Crippen LogP contribution in [0.15, 0.2) is 35.1 Å². The van der Waals surface area contributed by atoms with Crippen LogP contribution in [0.4, 0.5) is 0 Å². The van der Waals surface area contributed by atoms with Gasteiger partial charge >= 0.3 is 5.97 Å². The number of carbonyl (C=O) groups excluding carboxylic acids is 1. The summed E-state index contributed by atoms with van der Waals surface area (Å²) < 4.78 is 6.67. The lowest BCUT2D eigenvalue weighted by Gasteiger charge is -2.31. The number of esters is 1. The number of terminal acetylenes is 1. The number of para-hydroxylation sites is 1. The second kappa shape index (κ2) is 5.54. The van der Waals surface area contributed by atoms with Gasteiger partial charge in [0.2, 0.25) is 0 Å². The minimum Gasteiger partial charge on any atom is -0.458 e. The van der Waals surface area contributed by atoms with Crippen molar-refractivity contribution in [1.82, 2.24) is 9.55 Å². The largest absolute Gasteiger partial charge is 0.458 e. The van der Waals surface area contributed by atoms with Crippen LogP contribution in [-0.4, -0.2) is 20.6 Å². The molecule has 0 saturated carbocycles. The normalized spacial score (nSPS) is 19.5. The Hall–Kier alpha value is -3.43. The lowest BCUT2D eigenvalue weighted by molar-refractivity contribution is -0.172. The zero-order valence-electron chi connectivity index (χ0n) is 15.2. The molecule has 0 spiro atoms. The number of carbonyl (C=O) groups is 1. The molecule has 1 aromatic carbocycles. The van der Waals surface area contributed by atoms with E-state index in [1.165, 1.54) is 0 Å². The molecule has 4 heterocycles. The minimum atomic E-state index is -1.84. The van der Waals surface area contributed by atoms with Crippen LogP contribution in [0.25, 0.3) is 22.3 Å². The van der Waals surface area contributed by atoms with Gasteiger partial charge in [0.1, 0.15) is 6.61 Å². The van der Waals surface area contributed by atoms with Crippen LogP contribution in [0.5, 0.6) is 0 Å². The van der Waals surface area contributed by atoms with Crippen molar-refractivity contribution < 1.29 is 14.6 Å². The molecule has 5 rings (SSSR count). The number of rotatable bonds is 1. The molecule has 0 saturated heterocycles. The van der Waals surface area contributed by atoms with Gasteiger partial charge in [-0.1, -0.05) is 31.0 Å². The van der Waals surface area contributed by atoms with Crippen molar-refractivity contribution >= 4 is 16.9 Å². The SMILES string of the molecule is C#Cc1c2c(nc3ccccc13)-c1cc3c(c(=O)n1C2)COC(=O)[C@]3(O)CC. The number of benzene rings is 1. The van der Waals surface area contributed by atoms with Crippen molar-refractivity contribution in [3.8, 4) is 23.7 Å². The topological polar surface area (TPSA) is 81.4 Å². The number of nitrogens with zero attached hydrogens (tertiary/aromatic N) is 2. The Balaban J connectivity index is 1.86. The average Bonchev–Trinajstić information content (AvgIpc) is 3.08. The van der Waals surface area contributed by atoms with Crippen LogP contribution in [0.3, 0.4) is 0 Å². The highest BCUT2D eigenvalue weighted by molar-refractivity contribution is 5.91. The van der Waals surface area contributed by atoms with Crippen LogP contribution >= 0.6 is 0 Å². The lowest BCUT2D eigenvalue weighted by atomic mass is 9.86. The number of hydrogen-bond donors (Lipinski definition) is 1. The van der Waals surface area contributed by atoms with Gasteiger partial charge in [-0.15, -0.1) is 6.42 Å². The Bertz CT molecular complexity index is 1300. The molecule has 0 radical (unpaired) electrons. The highest BCUT2D eigenvalue weighted by Crippen LogP contribution is 2.39. The van der Waals surface area contributed by atoms with Gasteiger partial charge in [-0.25, -0.2) is 9.78 Å². The van der Waals surface area contributed by atoms with E-state index in [4.69, 9.17) is 16.1 Å². The fraction of sp³-hybridized carbons (Fsp3) is 0.227. The van der Waals surface area contributed by atoms with E-state index in [1.54, 1.807) is 17.6 Å². The maximum Gasteiger partial charge on any atom is 0.343 e. The van der Waals surface area contributed by atoms with Crippen molar-refractivity contribution in [3.05, 3.63) is 62.9 Å². The predicted molar refractivity (Wildman–Crippen MR) is 102 cm³/mol. The zero-order valence-corrected chi connectivity index (χ0v) is 15.2. The molecule has 2 aliphatic heterocycles. The van der Waals surface area contributed by atoms with Crippen LogP contribution in [0, 0.1) is 12.3 Å². The Kier molecular flexibility index (Phi) is 3.31. The van der Waals surface area contributed by atoms with Crippen LogP contribution in [-0.2, 0) is 28.3 Å². The van der Waals surface area contributed by atoms with Gasteiger partial charge in [-0.2, -0.15) is 0 Å². The van der Waals surface area contributed by atoms with E-state index in [2.05, 4.69) is 5.92 Å². The first kappa shape index (κ1) is 16.7. The number of hydrogen-bond acceptors (Lipinski definition) is 5. The minimum absolute atomic E-state index is 0.106. The molecule has 0 amide bonds. The Morgan fingerprint density at radius 3 is 2.86 bits per heavy atom.